The van der Waals surface area contributed by atoms with E-state index in [4.69, 9.17) is 4.11 Å². The molecule has 0 aliphatic carbocycles. The highest BCUT2D eigenvalue weighted by molar-refractivity contribution is 6.77. The van der Waals surface area contributed by atoms with E-state index >= 15 is 0 Å². The van der Waals surface area contributed by atoms with Gasteiger partial charge in [0.15, 0.2) is 0 Å². The van der Waals surface area contributed by atoms with Gasteiger partial charge in [0.1, 0.15) is 5.52 Å². The Morgan fingerprint density at radius 3 is 2.54 bits per heavy atom. The van der Waals surface area contributed by atoms with Gasteiger partial charge in [0.05, 0.1) is 12.7 Å². The fraction of sp³-hybridized carbons (Fsp3) is 0.261. The Morgan fingerprint density at radius 2 is 1.77 bits per heavy atom. The predicted molar refractivity (Wildman–Crippen MR) is 113 cm³/mol. The summed E-state index contributed by atoms with van der Waals surface area (Å²) >= 11 is 0. The van der Waals surface area contributed by atoms with Crippen molar-refractivity contribution >= 4 is 34.6 Å². The Labute approximate surface area is 161 Å². The van der Waals surface area contributed by atoms with Crippen molar-refractivity contribution in [3.05, 3.63) is 70.9 Å². The van der Waals surface area contributed by atoms with Gasteiger partial charge in [-0.3, -0.25) is 4.81 Å². The predicted octanol–water partition coefficient (Wildman–Crippen LogP) is 4.38. The Bertz CT molecular complexity index is 1160. The van der Waals surface area contributed by atoms with Crippen molar-refractivity contribution in [2.75, 3.05) is 4.81 Å². The van der Waals surface area contributed by atoms with Gasteiger partial charge in [-0.25, -0.2) is 4.57 Å². The number of nitrogens with zero attached hydrogens (tertiary/aromatic N) is 2. The minimum absolute atomic E-state index is 0.0326. The van der Waals surface area contributed by atoms with E-state index in [2.05, 4.69) is 61.4 Å². The molecule has 26 heavy (non-hydrogen) atoms. The molecule has 1 aliphatic rings. The third-order valence-electron chi connectivity index (χ3n) is 5.73. The van der Waals surface area contributed by atoms with Crippen molar-refractivity contribution in [3.63, 3.8) is 0 Å². The number of rotatable bonds is 1. The molecular weight excluding hydrogens is 315 g/mol. The van der Waals surface area contributed by atoms with Gasteiger partial charge < -0.3 is 0 Å². The monoisotopic (exact) mass is 344 g/mol. The van der Waals surface area contributed by atoms with E-state index in [1.807, 2.05) is 31.2 Å². The highest BCUT2D eigenvalue weighted by atomic mass is 15.2. The smallest absolute Gasteiger partial charge is 0.290 e. The summed E-state index contributed by atoms with van der Waals surface area (Å²) < 4.78 is 26.8. The van der Waals surface area contributed by atoms with Gasteiger partial charge in [-0.15, -0.1) is 0 Å². The van der Waals surface area contributed by atoms with E-state index in [0.717, 1.165) is 28.1 Å². The van der Waals surface area contributed by atoms with Gasteiger partial charge in [-0.1, -0.05) is 36.4 Å². The van der Waals surface area contributed by atoms with Crippen molar-refractivity contribution in [2.24, 2.45) is 7.05 Å². The van der Waals surface area contributed by atoms with Crippen LogP contribution >= 0.6 is 0 Å². The summed E-state index contributed by atoms with van der Waals surface area (Å²) in [7, 11) is 2.06. The number of hydrogen-bond acceptors (Lipinski definition) is 1. The lowest BCUT2D eigenvalue weighted by Crippen LogP contribution is -2.53. The second-order valence-corrected chi connectivity index (χ2v) is 7.31. The number of pyridine rings is 1. The second-order valence-electron chi connectivity index (χ2n) is 7.31. The first-order valence-electron chi connectivity index (χ1n) is 10.6. The van der Waals surface area contributed by atoms with Crippen LogP contribution in [0.3, 0.4) is 0 Å². The van der Waals surface area contributed by atoms with Crippen molar-refractivity contribution in [1.82, 2.24) is 0 Å². The summed E-state index contributed by atoms with van der Waals surface area (Å²) in [6, 6.07) is 16.4. The van der Waals surface area contributed by atoms with E-state index in [1.165, 1.54) is 16.5 Å². The number of aryl methyl sites for hydroxylation is 3. The van der Waals surface area contributed by atoms with Crippen molar-refractivity contribution in [3.8, 4) is 0 Å². The molecule has 130 valence electrons. The molecule has 3 heteroatoms. The normalized spacial score (nSPS) is 16.4. The number of fused-ring (bicyclic) bond motifs is 2. The van der Waals surface area contributed by atoms with Crippen LogP contribution in [0.2, 0.25) is 6.82 Å². The van der Waals surface area contributed by atoms with E-state index in [-0.39, 0.29) is 6.85 Å². The van der Waals surface area contributed by atoms with Gasteiger partial charge in [0.25, 0.3) is 5.82 Å². The van der Waals surface area contributed by atoms with Crippen LogP contribution in [-0.2, 0) is 7.05 Å². The first-order chi connectivity index (χ1) is 13.6. The second kappa shape index (κ2) is 6.01. The van der Waals surface area contributed by atoms with Gasteiger partial charge in [0.2, 0.25) is 0 Å². The lowest BCUT2D eigenvalue weighted by Gasteiger charge is -2.31. The van der Waals surface area contributed by atoms with Crippen LogP contribution in [0, 0.1) is 13.8 Å². The minimum atomic E-state index is -2.18. The standard InChI is InChI=1S/C23H26BN2/c1-15-10-9-13-21-23(15)16(2)14-22(25(21)6)26-18(4)17(3)19-11-7-8-12-20(19)24(26)5/h7-14H,1-6H3/q+1/i3D3. The summed E-state index contributed by atoms with van der Waals surface area (Å²) in [4.78, 5) is 2.18. The maximum atomic E-state index is 8.20. The maximum Gasteiger partial charge on any atom is 0.409 e. The lowest BCUT2D eigenvalue weighted by atomic mass is 9.52. The van der Waals surface area contributed by atoms with Crippen LogP contribution in [0.5, 0.6) is 0 Å². The molecule has 2 nitrogen and oxygen atoms in total. The fourth-order valence-corrected chi connectivity index (χ4v) is 4.37. The summed E-state index contributed by atoms with van der Waals surface area (Å²) in [5.74, 6) is 1.00. The number of hydrogen-bond donors (Lipinski definition) is 0. The van der Waals surface area contributed by atoms with Crippen LogP contribution in [0.15, 0.2) is 54.2 Å². The topological polar surface area (TPSA) is 7.12 Å². The molecule has 0 saturated heterocycles. The highest BCUT2D eigenvalue weighted by Crippen LogP contribution is 2.31. The van der Waals surface area contributed by atoms with Crippen LogP contribution < -0.4 is 14.8 Å². The molecule has 2 aromatic carbocycles. The minimum Gasteiger partial charge on any atom is -0.290 e. The van der Waals surface area contributed by atoms with E-state index in [0.29, 0.717) is 5.57 Å². The zero-order valence-corrected chi connectivity index (χ0v) is 16.1. The Balaban J connectivity index is 2.04. The number of aromatic nitrogens is 1. The quantitative estimate of drug-likeness (QED) is 0.469. The average Bonchev–Trinajstić information content (AvgIpc) is 2.64. The molecule has 2 heterocycles. The Kier molecular flexibility index (Phi) is 3.15. The number of benzene rings is 2. The summed E-state index contributed by atoms with van der Waals surface area (Å²) in [6.45, 7) is 6.19. The maximum absolute atomic E-state index is 8.20. The van der Waals surface area contributed by atoms with Crippen molar-refractivity contribution in [1.29, 1.82) is 0 Å². The van der Waals surface area contributed by atoms with Crippen molar-refractivity contribution in [2.45, 2.75) is 34.4 Å². The van der Waals surface area contributed by atoms with Gasteiger partial charge in [-0.2, -0.15) is 0 Å². The largest absolute Gasteiger partial charge is 0.409 e. The first kappa shape index (κ1) is 13.6. The van der Waals surface area contributed by atoms with Crippen molar-refractivity contribution < 1.29 is 8.68 Å². The molecule has 0 N–H and O–H groups in total. The molecular formula is C23H26BN2+. The van der Waals surface area contributed by atoms with E-state index in [1.54, 1.807) is 0 Å². The van der Waals surface area contributed by atoms with E-state index < -0.39 is 6.85 Å². The molecule has 0 atom stereocenters. The molecule has 0 unspecified atom stereocenters. The van der Waals surface area contributed by atoms with E-state index in [9.17, 15) is 0 Å². The van der Waals surface area contributed by atoms with Crippen LogP contribution in [0.25, 0.3) is 16.5 Å². The van der Waals surface area contributed by atoms with Crippen LogP contribution in [0.1, 0.15) is 34.6 Å². The highest BCUT2D eigenvalue weighted by Gasteiger charge is 2.39. The van der Waals surface area contributed by atoms with Gasteiger partial charge >= 0.3 is 6.85 Å². The Morgan fingerprint density at radius 1 is 1.00 bits per heavy atom. The van der Waals surface area contributed by atoms with Crippen LogP contribution in [-0.4, -0.2) is 6.85 Å². The van der Waals surface area contributed by atoms with Gasteiger partial charge in [0, 0.05) is 15.6 Å². The molecule has 0 saturated carbocycles. The SMILES string of the molecule is [2H]C([2H])([2H])C1=C(C)N(c2cc(C)c3c(C)cccc3[n+]2C)B(C)c2ccccc21. The third-order valence-corrected chi connectivity index (χ3v) is 5.73. The lowest BCUT2D eigenvalue weighted by molar-refractivity contribution is -0.631. The molecule has 1 aromatic heterocycles. The molecule has 0 fully saturated rings. The summed E-state index contributed by atoms with van der Waals surface area (Å²) in [5, 5.41) is 1.25. The fourth-order valence-electron chi connectivity index (χ4n) is 4.37. The molecule has 3 aromatic rings. The summed E-state index contributed by atoms with van der Waals surface area (Å²) in [5.41, 5.74) is 6.70. The number of allylic oxidation sites excluding steroid dienone is 2. The number of anilines is 1. The zero-order valence-electron chi connectivity index (χ0n) is 19.1. The first-order valence-corrected chi connectivity index (χ1v) is 9.11. The van der Waals surface area contributed by atoms with Gasteiger partial charge in [-0.05, 0) is 68.2 Å². The molecule has 0 amide bonds. The third kappa shape index (κ3) is 2.30. The Hall–Kier alpha value is -2.55. The van der Waals surface area contributed by atoms with Crippen LogP contribution in [0.4, 0.5) is 5.82 Å². The molecule has 1 aliphatic heterocycles. The molecule has 0 spiro atoms. The summed E-state index contributed by atoms with van der Waals surface area (Å²) in [6.07, 6.45) is 0. The molecule has 0 bridgehead atoms. The molecule has 4 rings (SSSR count). The zero-order chi connectivity index (χ0) is 21.1. The molecule has 0 radical (unpaired) electrons. The average molecular weight is 344 g/mol.